The fraction of sp³-hybridized carbons (Fsp3) is 0. The molecule has 0 atom stereocenters. The van der Waals surface area contributed by atoms with E-state index in [4.69, 9.17) is 15.0 Å². The van der Waals surface area contributed by atoms with Crippen molar-refractivity contribution in [1.82, 2.24) is 24.1 Å². The third-order valence-electron chi connectivity index (χ3n) is 10.8. The van der Waals surface area contributed by atoms with E-state index in [9.17, 15) is 0 Å². The zero-order valence-corrected chi connectivity index (χ0v) is 30.3. The van der Waals surface area contributed by atoms with Gasteiger partial charge in [-0.05, 0) is 35.4 Å². The van der Waals surface area contributed by atoms with E-state index in [2.05, 4.69) is 173 Å². The molecule has 0 aliphatic rings. The second-order valence-corrected chi connectivity index (χ2v) is 14.0. The lowest BCUT2D eigenvalue weighted by molar-refractivity contribution is 0.953. The number of para-hydroxylation sites is 3. The second kappa shape index (κ2) is 13.0. The van der Waals surface area contributed by atoms with E-state index >= 15 is 0 Å². The Hall–Kier alpha value is -7.63. The molecule has 0 amide bonds. The van der Waals surface area contributed by atoms with Gasteiger partial charge in [-0.2, -0.15) is 9.97 Å². The highest BCUT2D eigenvalue weighted by atomic mass is 15.2. The zero-order chi connectivity index (χ0) is 37.0. The van der Waals surface area contributed by atoms with E-state index in [1.807, 2.05) is 36.4 Å². The quantitative estimate of drug-likeness (QED) is 0.172. The van der Waals surface area contributed by atoms with Crippen LogP contribution in [0, 0.1) is 0 Å². The van der Waals surface area contributed by atoms with Crippen molar-refractivity contribution in [3.05, 3.63) is 200 Å². The molecule has 0 radical (unpaired) electrons. The van der Waals surface area contributed by atoms with Crippen LogP contribution in [0.5, 0.6) is 0 Å². The Morgan fingerprint density at radius 2 is 0.661 bits per heavy atom. The predicted octanol–water partition coefficient (Wildman–Crippen LogP) is 12.7. The molecule has 0 unspecified atom stereocenters. The van der Waals surface area contributed by atoms with Gasteiger partial charge >= 0.3 is 0 Å². The third-order valence-corrected chi connectivity index (χ3v) is 10.8. The zero-order valence-electron chi connectivity index (χ0n) is 30.3. The molecule has 8 aromatic carbocycles. The summed E-state index contributed by atoms with van der Waals surface area (Å²) >= 11 is 0. The summed E-state index contributed by atoms with van der Waals surface area (Å²) in [6.45, 7) is 0. The van der Waals surface area contributed by atoms with Crippen molar-refractivity contribution in [2.45, 2.75) is 0 Å². The monoisotopic (exact) mass is 715 g/mol. The fourth-order valence-corrected chi connectivity index (χ4v) is 8.42. The molecule has 0 fully saturated rings. The minimum Gasteiger partial charge on any atom is -0.307 e. The molecule has 0 saturated carbocycles. The molecule has 11 rings (SSSR count). The molecule has 56 heavy (non-hydrogen) atoms. The van der Waals surface area contributed by atoms with Crippen LogP contribution in [0.3, 0.4) is 0 Å². The first-order valence-electron chi connectivity index (χ1n) is 18.9. The van der Waals surface area contributed by atoms with Gasteiger partial charge in [0.1, 0.15) is 0 Å². The number of hydrogen-bond donors (Lipinski definition) is 0. The summed E-state index contributed by atoms with van der Waals surface area (Å²) < 4.78 is 4.72. The summed E-state index contributed by atoms with van der Waals surface area (Å²) in [6.07, 6.45) is 0. The average molecular weight is 716 g/mol. The van der Waals surface area contributed by atoms with Gasteiger partial charge in [0.25, 0.3) is 0 Å². The first-order valence-corrected chi connectivity index (χ1v) is 18.9. The maximum Gasteiger partial charge on any atom is 0.238 e. The highest BCUT2D eigenvalue weighted by Gasteiger charge is 2.29. The van der Waals surface area contributed by atoms with Gasteiger partial charge in [-0.1, -0.05) is 176 Å². The van der Waals surface area contributed by atoms with Crippen LogP contribution in [0.15, 0.2) is 200 Å². The van der Waals surface area contributed by atoms with Crippen LogP contribution < -0.4 is 0 Å². The fourth-order valence-electron chi connectivity index (χ4n) is 8.42. The maximum absolute atomic E-state index is 5.35. The highest BCUT2D eigenvalue weighted by molar-refractivity contribution is 6.33. The lowest BCUT2D eigenvalue weighted by Crippen LogP contribution is -2.07. The van der Waals surface area contributed by atoms with E-state index in [0.29, 0.717) is 17.6 Å². The highest BCUT2D eigenvalue weighted by Crippen LogP contribution is 2.51. The van der Waals surface area contributed by atoms with Crippen molar-refractivity contribution in [2.75, 3.05) is 0 Å². The molecular weight excluding hydrogens is 683 g/mol. The van der Waals surface area contributed by atoms with Crippen LogP contribution in [-0.2, 0) is 0 Å². The van der Waals surface area contributed by atoms with Crippen LogP contribution in [0.1, 0.15) is 0 Å². The lowest BCUT2D eigenvalue weighted by atomic mass is 9.87. The molecule has 5 heteroatoms. The number of aromatic nitrogens is 5. The number of rotatable bonds is 6. The van der Waals surface area contributed by atoms with Crippen molar-refractivity contribution in [3.63, 3.8) is 0 Å². The molecule has 3 heterocycles. The van der Waals surface area contributed by atoms with Gasteiger partial charge in [-0.3, -0.25) is 4.57 Å². The third kappa shape index (κ3) is 4.99. The summed E-state index contributed by atoms with van der Waals surface area (Å²) in [7, 11) is 0. The van der Waals surface area contributed by atoms with E-state index in [-0.39, 0.29) is 0 Å². The van der Waals surface area contributed by atoms with Gasteiger partial charge in [0.2, 0.25) is 5.95 Å². The van der Waals surface area contributed by atoms with Crippen LogP contribution in [0.25, 0.3) is 100 Å². The molecule has 0 aliphatic heterocycles. The van der Waals surface area contributed by atoms with Gasteiger partial charge in [0.05, 0.1) is 22.1 Å². The Bertz CT molecular complexity index is 3150. The summed E-state index contributed by atoms with van der Waals surface area (Å²) in [5.41, 5.74) is 11.8. The van der Waals surface area contributed by atoms with Crippen LogP contribution >= 0.6 is 0 Å². The van der Waals surface area contributed by atoms with Crippen molar-refractivity contribution in [3.8, 4) is 56.7 Å². The van der Waals surface area contributed by atoms with Gasteiger partial charge in [-0.25, -0.2) is 4.98 Å². The molecule has 3 aromatic heterocycles. The van der Waals surface area contributed by atoms with Gasteiger partial charge in [0, 0.05) is 49.5 Å². The van der Waals surface area contributed by atoms with Gasteiger partial charge in [0.15, 0.2) is 11.6 Å². The molecule has 0 aliphatic carbocycles. The largest absolute Gasteiger partial charge is 0.307 e. The standard InChI is InChI=1S/C51H33N5/c1-6-20-34(21-7-1)43-44(35-22-8-2-9-23-35)46-40-31-17-19-33-42(40)56(48(46)47-45(43)39-30-16-18-32-41(39)55(47)38-28-14-5-15-29-38)51-53-49(36-24-10-3-11-25-36)52-50(54-51)37-26-12-4-13-27-37/h1-33H. The van der Waals surface area contributed by atoms with E-state index in [1.165, 1.54) is 21.9 Å². The van der Waals surface area contributed by atoms with Crippen LogP contribution in [-0.4, -0.2) is 24.1 Å². The number of hydrogen-bond acceptors (Lipinski definition) is 3. The smallest absolute Gasteiger partial charge is 0.238 e. The summed E-state index contributed by atoms with van der Waals surface area (Å²) in [5, 5.41) is 4.60. The number of fused-ring (bicyclic) bond motifs is 7. The SMILES string of the molecule is c1ccc(-c2nc(-c3ccccc3)nc(-n3c4ccccc4c4c(-c5ccccc5)c(-c5ccccc5)c5c6ccccc6n(-c6ccccc6)c5c43)n2)cc1. The molecular formula is C51H33N5. The van der Waals surface area contributed by atoms with Crippen molar-refractivity contribution < 1.29 is 0 Å². The lowest BCUT2D eigenvalue weighted by Gasteiger charge is -2.18. The second-order valence-electron chi connectivity index (χ2n) is 14.0. The summed E-state index contributed by atoms with van der Waals surface area (Å²) in [5.74, 6) is 1.79. The van der Waals surface area contributed by atoms with Crippen molar-refractivity contribution in [1.29, 1.82) is 0 Å². The summed E-state index contributed by atoms with van der Waals surface area (Å²) in [4.78, 5) is 15.8. The summed E-state index contributed by atoms with van der Waals surface area (Å²) in [6, 6.07) is 70.3. The Kier molecular flexibility index (Phi) is 7.42. The Morgan fingerprint density at radius 1 is 0.304 bits per heavy atom. The Balaban J connectivity index is 1.43. The number of benzene rings is 8. The predicted molar refractivity (Wildman–Crippen MR) is 230 cm³/mol. The molecule has 0 saturated heterocycles. The molecule has 0 N–H and O–H groups in total. The minimum atomic E-state index is 0.557. The Morgan fingerprint density at radius 3 is 1.12 bits per heavy atom. The first-order chi connectivity index (χ1) is 27.8. The van der Waals surface area contributed by atoms with E-state index < -0.39 is 0 Å². The average Bonchev–Trinajstić information content (AvgIpc) is 3.81. The van der Waals surface area contributed by atoms with Crippen LogP contribution in [0.4, 0.5) is 0 Å². The normalized spacial score (nSPS) is 11.6. The molecule has 0 bridgehead atoms. The molecule has 0 spiro atoms. The van der Waals surface area contributed by atoms with Gasteiger partial charge in [-0.15, -0.1) is 0 Å². The Labute approximate surface area is 323 Å². The van der Waals surface area contributed by atoms with Gasteiger partial charge < -0.3 is 4.57 Å². The van der Waals surface area contributed by atoms with Crippen LogP contribution in [0.2, 0.25) is 0 Å². The number of nitrogens with zero attached hydrogens (tertiary/aromatic N) is 5. The molecule has 262 valence electrons. The topological polar surface area (TPSA) is 48.5 Å². The minimum absolute atomic E-state index is 0.557. The van der Waals surface area contributed by atoms with E-state index in [1.54, 1.807) is 0 Å². The molecule has 11 aromatic rings. The van der Waals surface area contributed by atoms with E-state index in [0.717, 1.165) is 60.8 Å². The van der Waals surface area contributed by atoms with Crippen molar-refractivity contribution in [2.24, 2.45) is 0 Å². The molecule has 5 nitrogen and oxygen atoms in total. The van der Waals surface area contributed by atoms with Crippen molar-refractivity contribution >= 4 is 43.6 Å². The maximum atomic E-state index is 5.35. The first kappa shape index (κ1) is 31.9.